The highest BCUT2D eigenvalue weighted by molar-refractivity contribution is 7.89. The highest BCUT2D eigenvalue weighted by Gasteiger charge is 2.20. The van der Waals surface area contributed by atoms with Gasteiger partial charge in [-0.05, 0) is 25.3 Å². The molecular weight excluding hydrogens is 264 g/mol. The molecule has 0 amide bonds. The van der Waals surface area contributed by atoms with Crippen LogP contribution in [0.1, 0.15) is 38.3 Å². The molecule has 2 rings (SSSR count). The predicted octanol–water partition coefficient (Wildman–Crippen LogP) is 1.47. The van der Waals surface area contributed by atoms with Crippen molar-refractivity contribution >= 4 is 10.0 Å². The fraction of sp³-hybridized carbons (Fsp3) is 0.692. The lowest BCUT2D eigenvalue weighted by Crippen LogP contribution is -2.27. The first-order chi connectivity index (χ1) is 9.06. The van der Waals surface area contributed by atoms with Gasteiger partial charge in [-0.1, -0.05) is 19.3 Å². The van der Waals surface area contributed by atoms with Crippen LogP contribution in [-0.2, 0) is 23.2 Å². The lowest BCUT2D eigenvalue weighted by molar-refractivity contribution is 0.271. The number of sulfonamides is 1. The van der Waals surface area contributed by atoms with Crippen LogP contribution in [0.25, 0.3) is 0 Å². The minimum Gasteiger partial charge on any atom is -0.390 e. The van der Waals surface area contributed by atoms with Crippen molar-refractivity contribution in [2.24, 2.45) is 5.92 Å². The van der Waals surface area contributed by atoms with Crippen LogP contribution in [0.15, 0.2) is 17.2 Å². The van der Waals surface area contributed by atoms with Crippen LogP contribution in [-0.4, -0.2) is 24.6 Å². The molecule has 19 heavy (non-hydrogen) atoms. The number of hydrogen-bond acceptors (Lipinski definition) is 3. The molecule has 1 aliphatic carbocycles. The number of aryl methyl sites for hydroxylation is 1. The maximum atomic E-state index is 12.1. The largest absolute Gasteiger partial charge is 0.390 e. The smallest absolute Gasteiger partial charge is 0.242 e. The third-order valence-corrected chi connectivity index (χ3v) is 5.27. The molecule has 1 fully saturated rings. The van der Waals surface area contributed by atoms with Crippen molar-refractivity contribution in [3.8, 4) is 0 Å². The lowest BCUT2D eigenvalue weighted by atomic mass is 9.83. The van der Waals surface area contributed by atoms with Gasteiger partial charge < -0.3 is 9.67 Å². The summed E-state index contributed by atoms with van der Waals surface area (Å²) in [5.74, 6) is 0.691. The average Bonchev–Trinajstić information content (AvgIpc) is 2.76. The van der Waals surface area contributed by atoms with Crippen LogP contribution in [0.2, 0.25) is 0 Å². The summed E-state index contributed by atoms with van der Waals surface area (Å²) in [7, 11) is -3.44. The molecule has 5 nitrogen and oxygen atoms in total. The number of rotatable bonds is 7. The Morgan fingerprint density at radius 3 is 2.68 bits per heavy atom. The Kier molecular flexibility index (Phi) is 4.65. The van der Waals surface area contributed by atoms with Gasteiger partial charge in [-0.15, -0.1) is 0 Å². The Morgan fingerprint density at radius 1 is 1.47 bits per heavy atom. The van der Waals surface area contributed by atoms with E-state index in [4.69, 9.17) is 0 Å². The number of aromatic nitrogens is 1. The Hall–Kier alpha value is -0.850. The average molecular weight is 286 g/mol. The van der Waals surface area contributed by atoms with E-state index in [1.165, 1.54) is 25.3 Å². The van der Waals surface area contributed by atoms with E-state index in [-0.39, 0.29) is 11.5 Å². The van der Waals surface area contributed by atoms with Crippen LogP contribution in [0, 0.1) is 5.92 Å². The minimum absolute atomic E-state index is 0.147. The van der Waals surface area contributed by atoms with Gasteiger partial charge in [0.05, 0.1) is 11.5 Å². The van der Waals surface area contributed by atoms with Gasteiger partial charge in [-0.2, -0.15) is 0 Å². The van der Waals surface area contributed by atoms with Crippen molar-refractivity contribution in [2.75, 3.05) is 6.54 Å². The number of aliphatic hydroxyl groups excluding tert-OH is 1. The van der Waals surface area contributed by atoms with Gasteiger partial charge in [0.25, 0.3) is 0 Å². The highest BCUT2D eigenvalue weighted by Crippen LogP contribution is 2.28. The van der Waals surface area contributed by atoms with E-state index >= 15 is 0 Å². The Bertz CT molecular complexity index is 496. The van der Waals surface area contributed by atoms with E-state index < -0.39 is 10.0 Å². The zero-order valence-electron chi connectivity index (χ0n) is 11.3. The van der Waals surface area contributed by atoms with E-state index in [1.54, 1.807) is 10.8 Å². The topological polar surface area (TPSA) is 71.3 Å². The van der Waals surface area contributed by atoms with Crippen molar-refractivity contribution in [3.63, 3.8) is 0 Å². The maximum Gasteiger partial charge on any atom is 0.242 e. The van der Waals surface area contributed by atoms with Crippen molar-refractivity contribution in [1.82, 2.24) is 9.29 Å². The molecule has 0 unspecified atom stereocenters. The molecule has 1 aromatic rings. The zero-order chi connectivity index (χ0) is 13.9. The van der Waals surface area contributed by atoms with Gasteiger partial charge in [0, 0.05) is 25.0 Å². The molecule has 0 bridgehead atoms. The fourth-order valence-corrected chi connectivity index (χ4v) is 3.47. The SMILES string of the molecule is CCn1cc(S(=O)(=O)NCCC2CCC2)cc1CO. The summed E-state index contributed by atoms with van der Waals surface area (Å²) < 4.78 is 28.6. The van der Waals surface area contributed by atoms with E-state index in [9.17, 15) is 13.5 Å². The number of nitrogens with one attached hydrogen (secondary N) is 1. The Balaban J connectivity index is 1.99. The summed E-state index contributed by atoms with van der Waals surface area (Å²) in [5.41, 5.74) is 0.627. The molecule has 6 heteroatoms. The molecule has 1 aromatic heterocycles. The molecule has 1 aliphatic rings. The van der Waals surface area contributed by atoms with Gasteiger partial charge in [0.2, 0.25) is 10.0 Å². The molecule has 0 atom stereocenters. The third kappa shape index (κ3) is 3.38. The molecule has 0 aromatic carbocycles. The summed E-state index contributed by atoms with van der Waals surface area (Å²) >= 11 is 0. The molecule has 0 spiro atoms. The summed E-state index contributed by atoms with van der Waals surface area (Å²) in [4.78, 5) is 0.243. The van der Waals surface area contributed by atoms with E-state index in [0.29, 0.717) is 24.7 Å². The van der Waals surface area contributed by atoms with Gasteiger partial charge in [-0.25, -0.2) is 13.1 Å². The molecular formula is C13H22N2O3S. The number of aliphatic hydroxyl groups is 1. The first-order valence-electron chi connectivity index (χ1n) is 6.86. The second kappa shape index (κ2) is 6.07. The summed E-state index contributed by atoms with van der Waals surface area (Å²) in [6.45, 7) is 2.91. The van der Waals surface area contributed by atoms with Crippen LogP contribution in [0.4, 0.5) is 0 Å². The zero-order valence-corrected chi connectivity index (χ0v) is 12.1. The second-order valence-corrected chi connectivity index (χ2v) is 6.86. The lowest BCUT2D eigenvalue weighted by Gasteiger charge is -2.24. The normalized spacial score (nSPS) is 16.5. The van der Waals surface area contributed by atoms with Crippen molar-refractivity contribution in [1.29, 1.82) is 0 Å². The molecule has 1 heterocycles. The Labute approximate surface area is 114 Å². The van der Waals surface area contributed by atoms with Gasteiger partial charge in [-0.3, -0.25) is 0 Å². The van der Waals surface area contributed by atoms with Crippen LogP contribution in [0.5, 0.6) is 0 Å². The van der Waals surface area contributed by atoms with Crippen LogP contribution >= 0.6 is 0 Å². The van der Waals surface area contributed by atoms with Crippen molar-refractivity contribution < 1.29 is 13.5 Å². The number of hydrogen-bond donors (Lipinski definition) is 2. The van der Waals surface area contributed by atoms with Gasteiger partial charge in [0.1, 0.15) is 0 Å². The van der Waals surface area contributed by atoms with E-state index in [2.05, 4.69) is 4.72 Å². The van der Waals surface area contributed by atoms with Gasteiger partial charge in [0.15, 0.2) is 0 Å². The van der Waals surface area contributed by atoms with E-state index in [0.717, 1.165) is 6.42 Å². The molecule has 1 saturated carbocycles. The van der Waals surface area contributed by atoms with Gasteiger partial charge >= 0.3 is 0 Å². The predicted molar refractivity (Wildman–Crippen MR) is 73.2 cm³/mol. The summed E-state index contributed by atoms with van der Waals surface area (Å²) in [5, 5.41) is 9.18. The quantitative estimate of drug-likeness (QED) is 0.797. The maximum absolute atomic E-state index is 12.1. The first kappa shape index (κ1) is 14.6. The molecule has 2 N–H and O–H groups in total. The van der Waals surface area contributed by atoms with Crippen molar-refractivity contribution in [3.05, 3.63) is 18.0 Å². The second-order valence-electron chi connectivity index (χ2n) is 5.09. The number of nitrogens with zero attached hydrogens (tertiary/aromatic N) is 1. The summed E-state index contributed by atoms with van der Waals surface area (Å²) in [6, 6.07) is 1.54. The third-order valence-electron chi connectivity index (χ3n) is 3.84. The standard InChI is InChI=1S/C13H22N2O3S/c1-2-15-9-13(8-12(15)10-16)19(17,18)14-7-6-11-4-3-5-11/h8-9,11,14,16H,2-7,10H2,1H3. The van der Waals surface area contributed by atoms with Crippen LogP contribution < -0.4 is 4.72 Å². The minimum atomic E-state index is -3.44. The highest BCUT2D eigenvalue weighted by atomic mass is 32.2. The summed E-state index contributed by atoms with van der Waals surface area (Å²) in [6.07, 6.45) is 6.22. The molecule has 108 valence electrons. The molecule has 0 aliphatic heterocycles. The Morgan fingerprint density at radius 2 is 2.21 bits per heavy atom. The monoisotopic (exact) mass is 286 g/mol. The van der Waals surface area contributed by atoms with E-state index in [1.807, 2.05) is 6.92 Å². The first-order valence-corrected chi connectivity index (χ1v) is 8.34. The fourth-order valence-electron chi connectivity index (χ4n) is 2.36. The molecule has 0 radical (unpaired) electrons. The van der Waals surface area contributed by atoms with Crippen LogP contribution in [0.3, 0.4) is 0 Å². The van der Waals surface area contributed by atoms with Crippen molar-refractivity contribution in [2.45, 2.75) is 50.7 Å². The molecule has 0 saturated heterocycles.